The summed E-state index contributed by atoms with van der Waals surface area (Å²) in [6.45, 7) is 4.58. The van der Waals surface area contributed by atoms with Crippen LogP contribution in [-0.2, 0) is 13.5 Å². The van der Waals surface area contributed by atoms with Crippen LogP contribution in [0.25, 0.3) is 0 Å². The van der Waals surface area contributed by atoms with Crippen LogP contribution in [-0.4, -0.2) is 23.4 Å². The van der Waals surface area contributed by atoms with E-state index in [4.69, 9.17) is 16.3 Å². The lowest BCUT2D eigenvalue weighted by Crippen LogP contribution is -2.20. The molecule has 0 saturated carbocycles. The Balaban J connectivity index is 2.25. The van der Waals surface area contributed by atoms with Crippen molar-refractivity contribution in [1.29, 1.82) is 0 Å². The Morgan fingerprint density at radius 2 is 2.19 bits per heavy atom. The molecule has 0 radical (unpaired) electrons. The monoisotopic (exact) mass is 307 g/mol. The molecule has 2 aromatic rings. The fourth-order valence-corrected chi connectivity index (χ4v) is 2.71. The minimum Gasteiger partial charge on any atom is -0.494 e. The zero-order valence-corrected chi connectivity index (χ0v) is 13.7. The summed E-state index contributed by atoms with van der Waals surface area (Å²) in [5.74, 6) is 0.891. The molecule has 0 fully saturated rings. The number of likely N-dealkylation sites (N-methyl/N-ethyl adjacent to an activating group) is 1. The van der Waals surface area contributed by atoms with Crippen LogP contribution in [0.5, 0.6) is 5.75 Å². The average molecular weight is 308 g/mol. The molecule has 0 amide bonds. The highest BCUT2D eigenvalue weighted by Crippen LogP contribution is 2.27. The van der Waals surface area contributed by atoms with Crippen molar-refractivity contribution in [2.75, 3.05) is 13.7 Å². The highest BCUT2D eigenvalue weighted by Gasteiger charge is 2.17. The molecule has 0 aliphatic rings. The van der Waals surface area contributed by atoms with Crippen molar-refractivity contribution in [3.63, 3.8) is 0 Å². The predicted octanol–water partition coefficient (Wildman–Crippen LogP) is 3.28. The number of rotatable bonds is 6. The third kappa shape index (κ3) is 3.57. The molecular weight excluding hydrogens is 286 g/mol. The lowest BCUT2D eigenvalue weighted by atomic mass is 10.0. The van der Waals surface area contributed by atoms with Crippen molar-refractivity contribution in [3.8, 4) is 5.75 Å². The zero-order valence-electron chi connectivity index (χ0n) is 13.0. The average Bonchev–Trinajstić information content (AvgIpc) is 2.71. The van der Waals surface area contributed by atoms with E-state index in [2.05, 4.69) is 22.5 Å². The molecule has 1 aromatic heterocycles. The summed E-state index contributed by atoms with van der Waals surface area (Å²) < 4.78 is 7.43. The number of halogens is 1. The minimum absolute atomic E-state index is 0.165. The summed E-state index contributed by atoms with van der Waals surface area (Å²) in [6, 6.07) is 8.32. The molecule has 0 spiro atoms. The summed E-state index contributed by atoms with van der Waals surface area (Å²) in [5, 5.41) is 8.46. The molecule has 1 N–H and O–H groups in total. The first-order chi connectivity index (χ1) is 10.1. The molecule has 1 heterocycles. The van der Waals surface area contributed by atoms with Gasteiger partial charge in [-0.25, -0.2) is 0 Å². The fourth-order valence-electron chi connectivity index (χ4n) is 2.47. The Morgan fingerprint density at radius 1 is 1.43 bits per heavy atom. The predicted molar refractivity (Wildman–Crippen MR) is 86.1 cm³/mol. The summed E-state index contributed by atoms with van der Waals surface area (Å²) in [5.41, 5.74) is 3.08. The SMILES string of the molecule is CCOc1cccc(C(Cc2c(Cl)c(C)nn2C)NC)c1. The van der Waals surface area contributed by atoms with E-state index < -0.39 is 0 Å². The number of hydrogen-bond donors (Lipinski definition) is 1. The Hall–Kier alpha value is -1.52. The van der Waals surface area contributed by atoms with Gasteiger partial charge in [0, 0.05) is 19.5 Å². The largest absolute Gasteiger partial charge is 0.494 e. The molecule has 1 atom stereocenters. The van der Waals surface area contributed by atoms with Crippen LogP contribution in [0, 0.1) is 6.92 Å². The van der Waals surface area contributed by atoms with Gasteiger partial charge in [0.15, 0.2) is 0 Å². The molecule has 0 saturated heterocycles. The van der Waals surface area contributed by atoms with Crippen LogP contribution in [0.4, 0.5) is 0 Å². The van der Waals surface area contributed by atoms with Crippen molar-refractivity contribution in [1.82, 2.24) is 15.1 Å². The van der Waals surface area contributed by atoms with Crippen molar-refractivity contribution in [2.24, 2.45) is 7.05 Å². The third-order valence-electron chi connectivity index (χ3n) is 3.58. The highest BCUT2D eigenvalue weighted by atomic mass is 35.5. The maximum absolute atomic E-state index is 6.35. The molecule has 4 nitrogen and oxygen atoms in total. The lowest BCUT2D eigenvalue weighted by molar-refractivity contribution is 0.339. The first-order valence-corrected chi connectivity index (χ1v) is 7.52. The van der Waals surface area contributed by atoms with Gasteiger partial charge >= 0.3 is 0 Å². The topological polar surface area (TPSA) is 39.1 Å². The van der Waals surface area contributed by atoms with Gasteiger partial charge in [-0.1, -0.05) is 23.7 Å². The molecule has 0 aliphatic heterocycles. The van der Waals surface area contributed by atoms with E-state index >= 15 is 0 Å². The molecule has 0 bridgehead atoms. The van der Waals surface area contributed by atoms with E-state index in [1.807, 2.05) is 44.8 Å². The van der Waals surface area contributed by atoms with E-state index in [1.165, 1.54) is 5.56 Å². The Morgan fingerprint density at radius 3 is 2.76 bits per heavy atom. The van der Waals surface area contributed by atoms with E-state index in [-0.39, 0.29) is 6.04 Å². The smallest absolute Gasteiger partial charge is 0.119 e. The number of nitrogens with zero attached hydrogens (tertiary/aromatic N) is 2. The molecule has 5 heteroatoms. The van der Waals surface area contributed by atoms with Gasteiger partial charge in [0.25, 0.3) is 0 Å². The molecule has 21 heavy (non-hydrogen) atoms. The quantitative estimate of drug-likeness (QED) is 0.890. The van der Waals surface area contributed by atoms with Crippen LogP contribution in [0.2, 0.25) is 5.02 Å². The maximum atomic E-state index is 6.35. The molecule has 2 rings (SSSR count). The number of aryl methyl sites for hydroxylation is 2. The summed E-state index contributed by atoms with van der Waals surface area (Å²) in [4.78, 5) is 0. The number of hydrogen-bond acceptors (Lipinski definition) is 3. The minimum atomic E-state index is 0.165. The van der Waals surface area contributed by atoms with E-state index in [1.54, 1.807) is 0 Å². The fraction of sp³-hybridized carbons (Fsp3) is 0.438. The first kappa shape index (κ1) is 15.9. The number of benzene rings is 1. The highest BCUT2D eigenvalue weighted by molar-refractivity contribution is 6.31. The zero-order chi connectivity index (χ0) is 15.4. The van der Waals surface area contributed by atoms with Gasteiger partial charge in [-0.2, -0.15) is 5.10 Å². The summed E-state index contributed by atoms with van der Waals surface area (Å²) in [7, 11) is 3.88. The van der Waals surface area contributed by atoms with E-state index in [0.717, 1.165) is 28.6 Å². The first-order valence-electron chi connectivity index (χ1n) is 7.14. The number of aromatic nitrogens is 2. The number of nitrogens with one attached hydrogen (secondary N) is 1. The van der Waals surface area contributed by atoms with Crippen LogP contribution in [0.15, 0.2) is 24.3 Å². The lowest BCUT2D eigenvalue weighted by Gasteiger charge is -2.18. The molecule has 114 valence electrons. The van der Waals surface area contributed by atoms with Crippen molar-refractivity contribution < 1.29 is 4.74 Å². The molecule has 1 unspecified atom stereocenters. The van der Waals surface area contributed by atoms with Crippen molar-refractivity contribution in [2.45, 2.75) is 26.3 Å². The van der Waals surface area contributed by atoms with E-state index in [0.29, 0.717) is 6.61 Å². The second-order valence-electron chi connectivity index (χ2n) is 5.02. The second-order valence-corrected chi connectivity index (χ2v) is 5.40. The third-order valence-corrected chi connectivity index (χ3v) is 4.07. The standard InChI is InChI=1S/C16H22ClN3O/c1-5-21-13-8-6-7-12(9-13)14(18-3)10-15-16(17)11(2)19-20(15)4/h6-9,14,18H,5,10H2,1-4H3. The van der Waals surface area contributed by atoms with Crippen LogP contribution >= 0.6 is 11.6 Å². The summed E-state index contributed by atoms with van der Waals surface area (Å²) >= 11 is 6.35. The van der Waals surface area contributed by atoms with Crippen LogP contribution < -0.4 is 10.1 Å². The van der Waals surface area contributed by atoms with E-state index in [9.17, 15) is 0 Å². The Kier molecular flexibility index (Phi) is 5.26. The molecular formula is C16H22ClN3O. The number of ether oxygens (including phenoxy) is 1. The molecule has 0 aliphatic carbocycles. The molecule has 1 aromatic carbocycles. The normalized spacial score (nSPS) is 12.4. The van der Waals surface area contributed by atoms with Gasteiger partial charge in [-0.3, -0.25) is 4.68 Å². The van der Waals surface area contributed by atoms with Gasteiger partial charge in [0.1, 0.15) is 5.75 Å². The van der Waals surface area contributed by atoms with Crippen LogP contribution in [0.1, 0.15) is 29.9 Å². The van der Waals surface area contributed by atoms with Gasteiger partial charge in [0.2, 0.25) is 0 Å². The van der Waals surface area contributed by atoms with Crippen LogP contribution in [0.3, 0.4) is 0 Å². The second kappa shape index (κ2) is 6.96. The van der Waals surface area contributed by atoms with Crippen molar-refractivity contribution >= 4 is 11.6 Å². The van der Waals surface area contributed by atoms with Gasteiger partial charge in [-0.15, -0.1) is 0 Å². The summed E-state index contributed by atoms with van der Waals surface area (Å²) in [6.07, 6.45) is 0.780. The maximum Gasteiger partial charge on any atom is 0.119 e. The van der Waals surface area contributed by atoms with Gasteiger partial charge < -0.3 is 10.1 Å². The Labute approximate surface area is 131 Å². The van der Waals surface area contributed by atoms with Crippen molar-refractivity contribution in [3.05, 3.63) is 46.2 Å². The van der Waals surface area contributed by atoms with Gasteiger partial charge in [0.05, 0.1) is 23.0 Å². The van der Waals surface area contributed by atoms with Gasteiger partial charge in [-0.05, 0) is 38.6 Å². The Bertz CT molecular complexity index is 610.